The van der Waals surface area contributed by atoms with Gasteiger partial charge in [0.15, 0.2) is 0 Å². The number of anilines is 1. The Hall–Kier alpha value is -0.650. The number of hydrogen-bond donors (Lipinski definition) is 1. The molecule has 5 heteroatoms. The lowest BCUT2D eigenvalue weighted by Crippen LogP contribution is -2.42. The molecule has 0 amide bonds. The maximum Gasteiger partial charge on any atom is 0.134 e. The summed E-state index contributed by atoms with van der Waals surface area (Å²) < 4.78 is 5.84. The summed E-state index contributed by atoms with van der Waals surface area (Å²) in [4.78, 5) is 6.81. The van der Waals surface area contributed by atoms with E-state index >= 15 is 0 Å². The van der Waals surface area contributed by atoms with Gasteiger partial charge in [-0.05, 0) is 19.4 Å². The number of hydrogen-bond acceptors (Lipinski definition) is 5. The molecule has 2 N–H and O–H groups in total. The fourth-order valence-electron chi connectivity index (χ4n) is 2.42. The summed E-state index contributed by atoms with van der Waals surface area (Å²) in [5, 5.41) is 2.91. The van der Waals surface area contributed by atoms with Crippen LogP contribution in [0.2, 0.25) is 0 Å². The third-order valence-corrected chi connectivity index (χ3v) is 4.16. The number of nitrogens with zero attached hydrogens (tertiary/aromatic N) is 2. The van der Waals surface area contributed by atoms with Gasteiger partial charge in [-0.3, -0.25) is 4.90 Å². The average molecular weight is 225 g/mol. The van der Waals surface area contributed by atoms with Crippen LogP contribution in [0.1, 0.15) is 24.0 Å². The van der Waals surface area contributed by atoms with Crippen molar-refractivity contribution in [2.24, 2.45) is 0 Å². The maximum atomic E-state index is 5.84. The average Bonchev–Trinajstić information content (AvgIpc) is 2.84. The summed E-state index contributed by atoms with van der Waals surface area (Å²) in [6.45, 7) is 3.05. The first-order valence-electron chi connectivity index (χ1n) is 5.39. The highest BCUT2D eigenvalue weighted by atomic mass is 32.1. The van der Waals surface area contributed by atoms with Crippen LogP contribution in [-0.4, -0.2) is 35.6 Å². The Labute approximate surface area is 93.0 Å². The van der Waals surface area contributed by atoms with Gasteiger partial charge in [-0.1, -0.05) is 0 Å². The van der Waals surface area contributed by atoms with Crippen molar-refractivity contribution in [1.29, 1.82) is 0 Å². The molecule has 82 valence electrons. The van der Waals surface area contributed by atoms with Gasteiger partial charge in [0.1, 0.15) is 16.9 Å². The van der Waals surface area contributed by atoms with Gasteiger partial charge < -0.3 is 10.5 Å². The SMILES string of the molecule is Nc1csc(C2CN3CCCC3CO2)n1. The van der Waals surface area contributed by atoms with Crippen molar-refractivity contribution in [1.82, 2.24) is 9.88 Å². The quantitative estimate of drug-likeness (QED) is 0.782. The molecule has 0 spiro atoms. The van der Waals surface area contributed by atoms with Gasteiger partial charge in [-0.2, -0.15) is 0 Å². The predicted molar refractivity (Wildman–Crippen MR) is 59.8 cm³/mol. The van der Waals surface area contributed by atoms with Crippen LogP contribution in [0.4, 0.5) is 5.82 Å². The van der Waals surface area contributed by atoms with Crippen LogP contribution in [0.5, 0.6) is 0 Å². The molecule has 0 aliphatic carbocycles. The Bertz CT molecular complexity index is 354. The molecule has 2 aliphatic heterocycles. The zero-order chi connectivity index (χ0) is 10.3. The van der Waals surface area contributed by atoms with Crippen LogP contribution in [-0.2, 0) is 4.74 Å². The smallest absolute Gasteiger partial charge is 0.134 e. The first kappa shape index (κ1) is 9.57. The van der Waals surface area contributed by atoms with Crippen molar-refractivity contribution in [2.45, 2.75) is 25.0 Å². The topological polar surface area (TPSA) is 51.4 Å². The largest absolute Gasteiger partial charge is 0.383 e. The lowest BCUT2D eigenvalue weighted by atomic mass is 10.2. The summed E-state index contributed by atoms with van der Waals surface area (Å²) in [5.41, 5.74) is 5.62. The number of thiazole rings is 1. The Morgan fingerprint density at radius 1 is 1.60 bits per heavy atom. The second kappa shape index (κ2) is 3.73. The summed E-state index contributed by atoms with van der Waals surface area (Å²) in [6.07, 6.45) is 2.73. The third-order valence-electron chi connectivity index (χ3n) is 3.20. The maximum absolute atomic E-state index is 5.84. The van der Waals surface area contributed by atoms with Crippen LogP contribution in [0.15, 0.2) is 5.38 Å². The second-order valence-electron chi connectivity index (χ2n) is 4.22. The third kappa shape index (κ3) is 1.75. The second-order valence-corrected chi connectivity index (χ2v) is 5.11. The van der Waals surface area contributed by atoms with Gasteiger partial charge in [-0.25, -0.2) is 4.98 Å². The van der Waals surface area contributed by atoms with Crippen molar-refractivity contribution < 1.29 is 4.74 Å². The Morgan fingerprint density at radius 2 is 2.53 bits per heavy atom. The van der Waals surface area contributed by atoms with E-state index < -0.39 is 0 Å². The van der Waals surface area contributed by atoms with Gasteiger partial charge >= 0.3 is 0 Å². The van der Waals surface area contributed by atoms with E-state index in [1.807, 2.05) is 5.38 Å². The molecule has 0 aromatic carbocycles. The molecule has 15 heavy (non-hydrogen) atoms. The zero-order valence-corrected chi connectivity index (χ0v) is 9.37. The zero-order valence-electron chi connectivity index (χ0n) is 8.56. The lowest BCUT2D eigenvalue weighted by molar-refractivity contribution is -0.0501. The summed E-state index contributed by atoms with van der Waals surface area (Å²) in [6, 6.07) is 0.651. The van der Waals surface area contributed by atoms with E-state index in [0.29, 0.717) is 11.9 Å². The first-order chi connectivity index (χ1) is 7.33. The monoisotopic (exact) mass is 225 g/mol. The van der Waals surface area contributed by atoms with E-state index in [9.17, 15) is 0 Å². The highest BCUT2D eigenvalue weighted by Gasteiger charge is 2.33. The molecule has 1 aromatic heterocycles. The van der Waals surface area contributed by atoms with Gasteiger partial charge in [0.25, 0.3) is 0 Å². The standard InChI is InChI=1S/C10H15N3OS/c11-9-6-15-10(12-9)8-4-13-3-1-2-7(13)5-14-8/h6-8H,1-5,11H2. The van der Waals surface area contributed by atoms with Gasteiger partial charge in [0.2, 0.25) is 0 Å². The van der Waals surface area contributed by atoms with Gasteiger partial charge in [-0.15, -0.1) is 11.3 Å². The number of rotatable bonds is 1. The van der Waals surface area contributed by atoms with Crippen LogP contribution in [0.25, 0.3) is 0 Å². The summed E-state index contributed by atoms with van der Waals surface area (Å²) in [7, 11) is 0. The molecule has 0 radical (unpaired) electrons. The minimum atomic E-state index is 0.140. The van der Waals surface area contributed by atoms with E-state index in [0.717, 1.165) is 18.2 Å². The van der Waals surface area contributed by atoms with Crippen LogP contribution in [0, 0.1) is 0 Å². The van der Waals surface area contributed by atoms with Crippen molar-refractivity contribution >= 4 is 17.2 Å². The molecule has 3 heterocycles. The molecule has 0 bridgehead atoms. The minimum Gasteiger partial charge on any atom is -0.383 e. The predicted octanol–water partition coefficient (Wildman–Crippen LogP) is 1.26. The number of nitrogens with two attached hydrogens (primary N) is 1. The Kier molecular flexibility index (Phi) is 2.38. The fraction of sp³-hybridized carbons (Fsp3) is 0.700. The molecule has 3 rings (SSSR count). The van der Waals surface area contributed by atoms with Crippen LogP contribution >= 0.6 is 11.3 Å². The molecule has 1 aromatic rings. The fourth-order valence-corrected chi connectivity index (χ4v) is 3.16. The van der Waals surface area contributed by atoms with Gasteiger partial charge in [0.05, 0.1) is 6.61 Å². The highest BCUT2D eigenvalue weighted by Crippen LogP contribution is 2.31. The first-order valence-corrected chi connectivity index (χ1v) is 6.27. The number of fused-ring (bicyclic) bond motifs is 1. The number of nitrogen functional groups attached to an aromatic ring is 1. The van der Waals surface area contributed by atoms with E-state index in [4.69, 9.17) is 10.5 Å². The van der Waals surface area contributed by atoms with Crippen LogP contribution < -0.4 is 5.73 Å². The number of morpholine rings is 1. The molecule has 2 atom stereocenters. The highest BCUT2D eigenvalue weighted by molar-refractivity contribution is 7.10. The molecule has 2 aliphatic rings. The number of aromatic nitrogens is 1. The Balaban J connectivity index is 1.73. The van der Waals surface area contributed by atoms with Crippen molar-refractivity contribution in [2.75, 3.05) is 25.4 Å². The van der Waals surface area contributed by atoms with E-state index in [2.05, 4.69) is 9.88 Å². The summed E-state index contributed by atoms with van der Waals surface area (Å²) >= 11 is 1.60. The van der Waals surface area contributed by atoms with Crippen molar-refractivity contribution in [3.8, 4) is 0 Å². The molecule has 2 fully saturated rings. The van der Waals surface area contributed by atoms with Crippen molar-refractivity contribution in [3.05, 3.63) is 10.4 Å². The molecular formula is C10H15N3OS. The Morgan fingerprint density at radius 3 is 3.33 bits per heavy atom. The van der Waals surface area contributed by atoms with E-state index in [1.54, 1.807) is 11.3 Å². The van der Waals surface area contributed by atoms with Crippen LogP contribution in [0.3, 0.4) is 0 Å². The van der Waals surface area contributed by atoms with E-state index in [-0.39, 0.29) is 6.10 Å². The molecule has 4 nitrogen and oxygen atoms in total. The van der Waals surface area contributed by atoms with Crippen molar-refractivity contribution in [3.63, 3.8) is 0 Å². The molecular weight excluding hydrogens is 210 g/mol. The molecule has 0 saturated carbocycles. The number of ether oxygens (including phenoxy) is 1. The molecule has 2 saturated heterocycles. The molecule has 2 unspecified atom stereocenters. The normalized spacial score (nSPS) is 31.7. The van der Waals surface area contributed by atoms with E-state index in [1.165, 1.54) is 19.4 Å². The summed E-state index contributed by atoms with van der Waals surface area (Å²) in [5.74, 6) is 0.613. The lowest BCUT2D eigenvalue weighted by Gasteiger charge is -2.34. The minimum absolute atomic E-state index is 0.140. The van der Waals surface area contributed by atoms with Gasteiger partial charge in [0, 0.05) is 18.0 Å².